The molecule has 2 aromatic rings. The molecule has 2 nitrogen and oxygen atoms in total. The number of hydrogen-bond donors (Lipinski definition) is 0. The molecular weight excluding hydrogens is 220 g/mol. The van der Waals surface area contributed by atoms with Crippen LogP contribution in [0.5, 0.6) is 0 Å². The van der Waals surface area contributed by atoms with Crippen LogP contribution in [0.25, 0.3) is 5.65 Å². The van der Waals surface area contributed by atoms with E-state index in [9.17, 15) is 0 Å². The predicted octanol–water partition coefficient (Wildman–Crippen LogP) is 4.24. The third-order valence-electron chi connectivity index (χ3n) is 3.44. The van der Waals surface area contributed by atoms with Crippen molar-refractivity contribution in [1.29, 1.82) is 0 Å². The van der Waals surface area contributed by atoms with E-state index in [4.69, 9.17) is 4.98 Å². The molecule has 0 unspecified atom stereocenters. The van der Waals surface area contributed by atoms with Crippen LogP contribution in [-0.2, 0) is 10.8 Å². The highest BCUT2D eigenvalue weighted by Gasteiger charge is 2.22. The van der Waals surface area contributed by atoms with Gasteiger partial charge in [-0.1, -0.05) is 41.5 Å². The van der Waals surface area contributed by atoms with Gasteiger partial charge in [-0.25, -0.2) is 4.98 Å². The van der Waals surface area contributed by atoms with Gasteiger partial charge in [0.15, 0.2) is 0 Å². The van der Waals surface area contributed by atoms with E-state index in [0.717, 1.165) is 5.65 Å². The first kappa shape index (κ1) is 13.1. The second-order valence-corrected chi connectivity index (χ2v) is 7.19. The average Bonchev–Trinajstić information content (AvgIpc) is 2.54. The molecule has 0 aliphatic carbocycles. The monoisotopic (exact) mass is 244 g/mol. The summed E-state index contributed by atoms with van der Waals surface area (Å²) in [6, 6.07) is 4.41. The Morgan fingerprint density at radius 2 is 1.61 bits per heavy atom. The van der Waals surface area contributed by atoms with Gasteiger partial charge in [0.05, 0.1) is 5.69 Å². The van der Waals surface area contributed by atoms with E-state index >= 15 is 0 Å². The minimum Gasteiger partial charge on any atom is -0.304 e. The normalized spacial score (nSPS) is 13.3. The summed E-state index contributed by atoms with van der Waals surface area (Å²) in [5.41, 5.74) is 5.10. The summed E-state index contributed by atoms with van der Waals surface area (Å²) in [4.78, 5) is 4.82. The van der Waals surface area contributed by atoms with E-state index < -0.39 is 0 Å². The second kappa shape index (κ2) is 3.84. The summed E-state index contributed by atoms with van der Waals surface area (Å²) in [7, 11) is 0. The number of nitrogens with zero attached hydrogens (tertiary/aromatic N) is 2. The smallest absolute Gasteiger partial charge is 0.137 e. The molecule has 98 valence electrons. The Morgan fingerprint density at radius 1 is 1.00 bits per heavy atom. The number of fused-ring (bicyclic) bond motifs is 1. The van der Waals surface area contributed by atoms with E-state index in [1.165, 1.54) is 17.0 Å². The van der Waals surface area contributed by atoms with Crippen molar-refractivity contribution in [1.82, 2.24) is 9.38 Å². The van der Waals surface area contributed by atoms with Crippen LogP contribution in [0.3, 0.4) is 0 Å². The van der Waals surface area contributed by atoms with E-state index in [1.54, 1.807) is 0 Å². The van der Waals surface area contributed by atoms with Crippen LogP contribution < -0.4 is 0 Å². The Balaban J connectivity index is 2.67. The molecule has 2 heterocycles. The molecule has 0 aromatic carbocycles. The Morgan fingerprint density at radius 3 is 2.11 bits per heavy atom. The molecule has 0 amide bonds. The summed E-state index contributed by atoms with van der Waals surface area (Å²) < 4.78 is 2.19. The zero-order chi connectivity index (χ0) is 13.7. The van der Waals surface area contributed by atoms with E-state index in [0.29, 0.717) is 0 Å². The summed E-state index contributed by atoms with van der Waals surface area (Å²) in [6.45, 7) is 15.5. The molecule has 2 aromatic heterocycles. The molecular formula is C16H24N2. The van der Waals surface area contributed by atoms with E-state index in [2.05, 4.69) is 71.2 Å². The maximum atomic E-state index is 4.82. The maximum absolute atomic E-state index is 4.82. The van der Waals surface area contributed by atoms with Crippen LogP contribution >= 0.6 is 0 Å². The fourth-order valence-corrected chi connectivity index (χ4v) is 2.34. The van der Waals surface area contributed by atoms with Crippen LogP contribution in [0.4, 0.5) is 0 Å². The Kier molecular flexibility index (Phi) is 2.80. The fraction of sp³-hybridized carbons (Fsp3) is 0.562. The van der Waals surface area contributed by atoms with Crippen molar-refractivity contribution in [3.05, 3.63) is 35.3 Å². The molecule has 0 saturated carbocycles. The van der Waals surface area contributed by atoms with Gasteiger partial charge in [-0.2, -0.15) is 0 Å². The number of hydrogen-bond acceptors (Lipinski definition) is 1. The summed E-state index contributed by atoms with van der Waals surface area (Å²) in [5, 5.41) is 0. The highest BCUT2D eigenvalue weighted by Crippen LogP contribution is 2.28. The molecule has 2 heteroatoms. The van der Waals surface area contributed by atoms with Gasteiger partial charge in [-0.05, 0) is 30.0 Å². The molecule has 0 fully saturated rings. The van der Waals surface area contributed by atoms with Crippen LogP contribution in [0.15, 0.2) is 18.3 Å². The van der Waals surface area contributed by atoms with Gasteiger partial charge in [0.25, 0.3) is 0 Å². The minimum absolute atomic E-state index is 0.0952. The molecule has 0 saturated heterocycles. The van der Waals surface area contributed by atoms with Crippen molar-refractivity contribution in [2.75, 3.05) is 0 Å². The molecule has 0 aliphatic rings. The van der Waals surface area contributed by atoms with Gasteiger partial charge in [0.1, 0.15) is 5.65 Å². The molecule has 18 heavy (non-hydrogen) atoms. The zero-order valence-corrected chi connectivity index (χ0v) is 12.6. The highest BCUT2D eigenvalue weighted by atomic mass is 15.0. The summed E-state index contributed by atoms with van der Waals surface area (Å²) >= 11 is 0. The highest BCUT2D eigenvalue weighted by molar-refractivity contribution is 5.48. The van der Waals surface area contributed by atoms with E-state index in [1.807, 2.05) is 0 Å². The summed E-state index contributed by atoms with van der Waals surface area (Å²) in [6.07, 6.45) is 2.15. The van der Waals surface area contributed by atoms with Gasteiger partial charge >= 0.3 is 0 Å². The molecule has 0 atom stereocenters. The van der Waals surface area contributed by atoms with Gasteiger partial charge in [-0.3, -0.25) is 0 Å². The zero-order valence-electron chi connectivity index (χ0n) is 12.6. The van der Waals surface area contributed by atoms with Crippen molar-refractivity contribution in [2.24, 2.45) is 0 Å². The van der Waals surface area contributed by atoms with Gasteiger partial charge in [0, 0.05) is 17.3 Å². The van der Waals surface area contributed by atoms with Crippen molar-refractivity contribution in [3.8, 4) is 0 Å². The van der Waals surface area contributed by atoms with Crippen molar-refractivity contribution < 1.29 is 0 Å². The second-order valence-electron chi connectivity index (χ2n) is 7.19. The number of pyridine rings is 1. The van der Waals surface area contributed by atoms with Gasteiger partial charge in [-0.15, -0.1) is 0 Å². The van der Waals surface area contributed by atoms with Gasteiger partial charge < -0.3 is 4.40 Å². The van der Waals surface area contributed by atoms with Crippen molar-refractivity contribution in [3.63, 3.8) is 0 Å². The van der Waals surface area contributed by atoms with Crippen molar-refractivity contribution in [2.45, 2.75) is 59.3 Å². The third kappa shape index (κ3) is 2.16. The molecule has 0 N–H and O–H groups in total. The van der Waals surface area contributed by atoms with E-state index in [-0.39, 0.29) is 10.8 Å². The largest absolute Gasteiger partial charge is 0.304 e. The van der Waals surface area contributed by atoms with Crippen molar-refractivity contribution >= 4 is 5.65 Å². The predicted molar refractivity (Wildman–Crippen MR) is 77.3 cm³/mol. The van der Waals surface area contributed by atoms with Crippen LogP contribution in [-0.4, -0.2) is 9.38 Å². The Labute approximate surface area is 110 Å². The topological polar surface area (TPSA) is 17.3 Å². The minimum atomic E-state index is 0.0952. The first-order chi connectivity index (χ1) is 8.10. The van der Waals surface area contributed by atoms with Crippen LogP contribution in [0.1, 0.15) is 58.5 Å². The third-order valence-corrected chi connectivity index (χ3v) is 3.44. The maximum Gasteiger partial charge on any atom is 0.137 e. The molecule has 2 rings (SSSR count). The van der Waals surface area contributed by atoms with Crippen LogP contribution in [0, 0.1) is 6.92 Å². The molecule has 0 bridgehead atoms. The first-order valence-corrected chi connectivity index (χ1v) is 6.60. The Bertz CT molecular complexity index is 577. The first-order valence-electron chi connectivity index (χ1n) is 6.60. The fourth-order valence-electron chi connectivity index (χ4n) is 2.34. The standard InChI is InChI=1S/C16H24N2/c1-11-14(16(5,6)7)17-13-10-12(15(2,3)4)8-9-18(11)13/h8-10H,1-7H3. The Hall–Kier alpha value is -1.31. The number of aryl methyl sites for hydroxylation is 1. The van der Waals surface area contributed by atoms with Gasteiger partial charge in [0.2, 0.25) is 0 Å². The lowest BCUT2D eigenvalue weighted by molar-refractivity contribution is 0.568. The molecule has 0 aliphatic heterocycles. The lowest BCUT2D eigenvalue weighted by Crippen LogP contribution is -2.13. The van der Waals surface area contributed by atoms with Crippen LogP contribution in [0.2, 0.25) is 0 Å². The summed E-state index contributed by atoms with van der Waals surface area (Å²) in [5.74, 6) is 0. The SMILES string of the molecule is Cc1c(C(C)(C)C)nc2cc(C(C)(C)C)ccn12. The average molecular weight is 244 g/mol. The number of imidazole rings is 1. The molecule has 0 spiro atoms. The quantitative estimate of drug-likeness (QED) is 0.677. The number of aromatic nitrogens is 2. The lowest BCUT2D eigenvalue weighted by Gasteiger charge is -2.18. The number of rotatable bonds is 0. The lowest BCUT2D eigenvalue weighted by atomic mass is 9.88. The molecule has 0 radical (unpaired) electrons.